The minimum Gasteiger partial charge on any atom is -0.481 e. The van der Waals surface area contributed by atoms with Crippen LogP contribution in [0.1, 0.15) is 97.8 Å². The van der Waals surface area contributed by atoms with Crippen LogP contribution in [-0.2, 0) is 9.59 Å². The molecule has 0 rings (SSSR count). The molecule has 0 bridgehead atoms. The van der Waals surface area contributed by atoms with E-state index in [0.717, 1.165) is 64.2 Å². The summed E-state index contributed by atoms with van der Waals surface area (Å²) in [5, 5.41) is 18.6. The zero-order valence-corrected chi connectivity index (χ0v) is 16.4. The van der Waals surface area contributed by atoms with E-state index in [1.807, 2.05) is 0 Å². The van der Waals surface area contributed by atoms with E-state index in [1.54, 1.807) is 0 Å². The van der Waals surface area contributed by atoms with Crippen molar-refractivity contribution in [3.05, 3.63) is 0 Å². The molecule has 25 heavy (non-hydrogen) atoms. The van der Waals surface area contributed by atoms with Gasteiger partial charge in [-0.05, 0) is 43.9 Å². The third kappa shape index (κ3) is 16.1. The Morgan fingerprint density at radius 1 is 0.880 bits per heavy atom. The van der Waals surface area contributed by atoms with Gasteiger partial charge in [0.1, 0.15) is 0 Å². The summed E-state index contributed by atoms with van der Waals surface area (Å²) in [7, 11) is 0. The van der Waals surface area contributed by atoms with Crippen LogP contribution in [0.15, 0.2) is 0 Å². The van der Waals surface area contributed by atoms with Gasteiger partial charge in [0, 0.05) is 12.3 Å². The number of aliphatic hydroxyl groups excluding tert-OH is 1. The van der Waals surface area contributed by atoms with E-state index in [1.165, 1.54) is 0 Å². The number of nitrogens with two attached hydrogens (primary N) is 1. The second-order valence-corrected chi connectivity index (χ2v) is 8.48. The van der Waals surface area contributed by atoms with Gasteiger partial charge in [-0.15, -0.1) is 0 Å². The molecule has 2 atom stereocenters. The van der Waals surface area contributed by atoms with Crippen LogP contribution in [0.25, 0.3) is 0 Å². The molecular weight excluding hydrogens is 318 g/mol. The van der Waals surface area contributed by atoms with Crippen molar-refractivity contribution in [2.75, 3.05) is 0 Å². The number of primary amides is 1. The first kappa shape index (κ1) is 23.9. The number of rotatable bonds is 15. The van der Waals surface area contributed by atoms with Crippen molar-refractivity contribution in [1.29, 1.82) is 0 Å². The van der Waals surface area contributed by atoms with E-state index < -0.39 is 5.97 Å². The molecule has 0 aromatic rings. The third-order valence-electron chi connectivity index (χ3n) is 4.65. The second kappa shape index (κ2) is 13.2. The lowest BCUT2D eigenvalue weighted by Crippen LogP contribution is -2.23. The summed E-state index contributed by atoms with van der Waals surface area (Å²) in [6.07, 6.45) is 9.35. The second-order valence-electron chi connectivity index (χ2n) is 8.48. The van der Waals surface area contributed by atoms with Crippen LogP contribution in [-0.4, -0.2) is 28.2 Å². The Labute approximate surface area is 153 Å². The van der Waals surface area contributed by atoms with Gasteiger partial charge in [-0.1, -0.05) is 52.9 Å². The summed E-state index contributed by atoms with van der Waals surface area (Å²) >= 11 is 0. The molecule has 0 aliphatic heterocycles. The molecule has 4 N–H and O–H groups in total. The molecule has 148 valence electrons. The number of carboxylic acids is 1. The fraction of sp³-hybridized carbons (Fsp3) is 0.900. The minimum absolute atomic E-state index is 0.124. The molecule has 0 aliphatic rings. The van der Waals surface area contributed by atoms with Crippen LogP contribution in [0.2, 0.25) is 0 Å². The van der Waals surface area contributed by atoms with Crippen molar-refractivity contribution >= 4 is 11.9 Å². The van der Waals surface area contributed by atoms with Crippen molar-refractivity contribution in [3.63, 3.8) is 0 Å². The molecule has 5 nitrogen and oxygen atoms in total. The maximum Gasteiger partial charge on any atom is 0.303 e. The predicted molar refractivity (Wildman–Crippen MR) is 101 cm³/mol. The average molecular weight is 358 g/mol. The average Bonchev–Trinajstić information content (AvgIpc) is 2.46. The summed E-state index contributed by atoms with van der Waals surface area (Å²) in [4.78, 5) is 22.0. The number of carboxylic acid groups (broad SMARTS) is 1. The van der Waals surface area contributed by atoms with E-state index in [9.17, 15) is 14.7 Å². The molecule has 0 heterocycles. The van der Waals surface area contributed by atoms with Gasteiger partial charge in [-0.25, -0.2) is 0 Å². The third-order valence-corrected chi connectivity index (χ3v) is 4.65. The highest BCUT2D eigenvalue weighted by Gasteiger charge is 2.16. The highest BCUT2D eigenvalue weighted by atomic mass is 16.4. The Balaban J connectivity index is 3.81. The number of amides is 1. The van der Waals surface area contributed by atoms with Gasteiger partial charge in [0.2, 0.25) is 5.91 Å². The largest absolute Gasteiger partial charge is 0.481 e. The molecule has 0 aromatic heterocycles. The topological polar surface area (TPSA) is 101 Å². The summed E-state index contributed by atoms with van der Waals surface area (Å²) in [6, 6.07) is 0. The lowest BCUT2D eigenvalue weighted by Gasteiger charge is -2.19. The summed E-state index contributed by atoms with van der Waals surface area (Å²) < 4.78 is 0. The van der Waals surface area contributed by atoms with Crippen LogP contribution >= 0.6 is 0 Å². The Morgan fingerprint density at radius 3 is 2.00 bits per heavy atom. The molecule has 0 saturated carbocycles. The Morgan fingerprint density at radius 2 is 1.44 bits per heavy atom. The number of unbranched alkanes of at least 4 members (excludes halogenated alkanes) is 3. The van der Waals surface area contributed by atoms with Gasteiger partial charge in [-0.3, -0.25) is 9.59 Å². The van der Waals surface area contributed by atoms with Crippen LogP contribution < -0.4 is 5.73 Å². The van der Waals surface area contributed by atoms with Crippen LogP contribution in [0.3, 0.4) is 0 Å². The zero-order chi connectivity index (χ0) is 19.3. The number of carbonyl (C=O) groups excluding carboxylic acids is 1. The monoisotopic (exact) mass is 357 g/mol. The Hall–Kier alpha value is -1.10. The summed E-state index contributed by atoms with van der Waals surface area (Å²) in [5.41, 5.74) is 5.79. The SMILES string of the molecule is CC(C)(C)CCCC(O)CCCC(CCCCCCC(=O)O)C(N)=O. The van der Waals surface area contributed by atoms with Crippen LogP contribution in [0.5, 0.6) is 0 Å². The quantitative estimate of drug-likeness (QED) is 0.381. The van der Waals surface area contributed by atoms with Gasteiger partial charge in [-0.2, -0.15) is 0 Å². The van der Waals surface area contributed by atoms with Gasteiger partial charge in [0.15, 0.2) is 0 Å². The first-order valence-electron chi connectivity index (χ1n) is 9.81. The predicted octanol–water partition coefficient (Wildman–Crippen LogP) is 4.26. The number of aliphatic hydroxyl groups is 1. The fourth-order valence-electron chi connectivity index (χ4n) is 3.06. The molecule has 0 aliphatic carbocycles. The smallest absolute Gasteiger partial charge is 0.303 e. The highest BCUT2D eigenvalue weighted by molar-refractivity contribution is 5.76. The maximum atomic E-state index is 11.5. The van der Waals surface area contributed by atoms with Gasteiger partial charge < -0.3 is 15.9 Å². The molecule has 2 unspecified atom stereocenters. The standard InChI is InChI=1S/C20H39NO4/c1-20(2,3)15-9-13-17(22)12-8-11-16(19(21)25)10-6-4-5-7-14-18(23)24/h16-17,22H,4-15H2,1-3H3,(H2,21,25)(H,23,24). The summed E-state index contributed by atoms with van der Waals surface area (Å²) in [6.45, 7) is 6.62. The van der Waals surface area contributed by atoms with E-state index in [0.29, 0.717) is 11.8 Å². The minimum atomic E-state index is -0.754. The molecule has 0 radical (unpaired) electrons. The van der Waals surface area contributed by atoms with Crippen LogP contribution in [0.4, 0.5) is 0 Å². The molecule has 0 saturated heterocycles. The summed E-state index contributed by atoms with van der Waals surface area (Å²) in [5.74, 6) is -1.13. The molecular formula is C20H39NO4. The van der Waals surface area contributed by atoms with Crippen molar-refractivity contribution in [2.45, 2.75) is 104 Å². The van der Waals surface area contributed by atoms with Crippen LogP contribution in [0, 0.1) is 11.3 Å². The first-order valence-corrected chi connectivity index (χ1v) is 9.81. The van der Waals surface area contributed by atoms with Crippen molar-refractivity contribution in [1.82, 2.24) is 0 Å². The van der Waals surface area contributed by atoms with Gasteiger partial charge >= 0.3 is 5.97 Å². The number of aliphatic carboxylic acids is 1. The number of hydrogen-bond donors (Lipinski definition) is 3. The van der Waals surface area contributed by atoms with Gasteiger partial charge in [0.05, 0.1) is 6.10 Å². The highest BCUT2D eigenvalue weighted by Crippen LogP contribution is 2.23. The first-order chi connectivity index (χ1) is 11.6. The van der Waals surface area contributed by atoms with E-state index >= 15 is 0 Å². The lowest BCUT2D eigenvalue weighted by molar-refractivity contribution is -0.137. The van der Waals surface area contributed by atoms with E-state index in [4.69, 9.17) is 10.8 Å². The lowest BCUT2D eigenvalue weighted by atomic mass is 9.88. The van der Waals surface area contributed by atoms with Gasteiger partial charge in [0.25, 0.3) is 0 Å². The molecule has 0 spiro atoms. The maximum absolute atomic E-state index is 11.5. The van der Waals surface area contributed by atoms with Crippen molar-refractivity contribution in [3.8, 4) is 0 Å². The molecule has 0 aromatic carbocycles. The number of carbonyl (C=O) groups is 2. The zero-order valence-electron chi connectivity index (χ0n) is 16.4. The Kier molecular flexibility index (Phi) is 12.6. The van der Waals surface area contributed by atoms with Crippen molar-refractivity contribution in [2.24, 2.45) is 17.1 Å². The van der Waals surface area contributed by atoms with E-state index in [2.05, 4.69) is 20.8 Å². The number of hydrogen-bond acceptors (Lipinski definition) is 3. The molecule has 5 heteroatoms. The Bertz CT molecular complexity index is 376. The van der Waals surface area contributed by atoms with E-state index in [-0.39, 0.29) is 24.3 Å². The fourth-order valence-corrected chi connectivity index (χ4v) is 3.06. The normalized spacial score (nSPS) is 14.2. The molecule has 1 amide bonds. The molecule has 0 fully saturated rings. The van der Waals surface area contributed by atoms with Crippen molar-refractivity contribution < 1.29 is 19.8 Å².